The summed E-state index contributed by atoms with van der Waals surface area (Å²) in [5, 5.41) is 3.23. The van der Waals surface area contributed by atoms with E-state index in [2.05, 4.69) is 19.2 Å². The first-order chi connectivity index (χ1) is 5.64. The predicted molar refractivity (Wildman–Crippen MR) is 50.0 cm³/mol. The lowest BCUT2D eigenvalue weighted by atomic mass is 9.75. The van der Waals surface area contributed by atoms with Gasteiger partial charge in [-0.05, 0) is 31.1 Å². The van der Waals surface area contributed by atoms with E-state index in [0.29, 0.717) is 18.0 Å². The maximum atomic E-state index is 11.8. The zero-order valence-electron chi connectivity index (χ0n) is 8.20. The highest BCUT2D eigenvalue weighted by molar-refractivity contribution is 4.81. The van der Waals surface area contributed by atoms with Gasteiger partial charge in [0.15, 0.2) is 0 Å². The fourth-order valence-corrected chi connectivity index (χ4v) is 1.86. The van der Waals surface area contributed by atoms with Crippen LogP contribution in [-0.4, -0.2) is 19.3 Å². The third kappa shape index (κ3) is 3.10. The molecule has 1 aliphatic carbocycles. The molecule has 0 amide bonds. The lowest BCUT2D eigenvalue weighted by Crippen LogP contribution is -2.36. The molecular weight excluding hydrogens is 153 g/mol. The van der Waals surface area contributed by atoms with E-state index in [0.717, 1.165) is 0 Å². The lowest BCUT2D eigenvalue weighted by molar-refractivity contribution is 0.205. The molecule has 2 heteroatoms. The Morgan fingerprint density at radius 2 is 1.92 bits per heavy atom. The quantitative estimate of drug-likeness (QED) is 0.691. The van der Waals surface area contributed by atoms with Crippen LogP contribution in [0, 0.1) is 5.41 Å². The van der Waals surface area contributed by atoms with Gasteiger partial charge in [0.1, 0.15) is 6.67 Å². The molecule has 1 rings (SSSR count). The Balaban J connectivity index is 2.18. The first kappa shape index (κ1) is 9.97. The number of alkyl halides is 1. The van der Waals surface area contributed by atoms with Crippen LogP contribution in [0.25, 0.3) is 0 Å². The fraction of sp³-hybridized carbons (Fsp3) is 1.00. The van der Waals surface area contributed by atoms with Crippen LogP contribution in [0.4, 0.5) is 4.39 Å². The zero-order chi connectivity index (χ0) is 9.03. The van der Waals surface area contributed by atoms with Crippen molar-refractivity contribution in [3.63, 3.8) is 0 Å². The number of rotatable bonds is 3. The summed E-state index contributed by atoms with van der Waals surface area (Å²) in [6.07, 6.45) is 4.98. The van der Waals surface area contributed by atoms with E-state index >= 15 is 0 Å². The minimum Gasteiger partial charge on any atom is -0.311 e. The Morgan fingerprint density at radius 1 is 1.33 bits per heavy atom. The molecule has 12 heavy (non-hydrogen) atoms. The first-order valence-electron chi connectivity index (χ1n) is 4.93. The van der Waals surface area contributed by atoms with E-state index in [-0.39, 0.29) is 6.67 Å². The van der Waals surface area contributed by atoms with Crippen LogP contribution in [0.5, 0.6) is 0 Å². The molecule has 0 saturated heterocycles. The highest BCUT2D eigenvalue weighted by Crippen LogP contribution is 2.34. The Kier molecular flexibility index (Phi) is 3.51. The molecule has 1 saturated carbocycles. The smallest absolute Gasteiger partial charge is 0.102 e. The number of nitrogens with one attached hydrogen (secondary N) is 1. The van der Waals surface area contributed by atoms with E-state index < -0.39 is 0 Å². The Labute approximate surface area is 74.7 Å². The predicted octanol–water partition coefficient (Wildman–Crippen LogP) is 2.51. The normalized spacial score (nSPS) is 24.2. The largest absolute Gasteiger partial charge is 0.311 e. The van der Waals surface area contributed by atoms with Gasteiger partial charge in [0, 0.05) is 12.6 Å². The maximum Gasteiger partial charge on any atom is 0.102 e. The van der Waals surface area contributed by atoms with E-state index in [1.165, 1.54) is 25.7 Å². The van der Waals surface area contributed by atoms with Gasteiger partial charge in [-0.2, -0.15) is 0 Å². The molecule has 1 nitrogen and oxygen atoms in total. The van der Waals surface area contributed by atoms with Gasteiger partial charge >= 0.3 is 0 Å². The fourth-order valence-electron chi connectivity index (χ4n) is 1.86. The van der Waals surface area contributed by atoms with Crippen molar-refractivity contribution in [1.29, 1.82) is 0 Å². The van der Waals surface area contributed by atoms with Crippen LogP contribution in [0.1, 0.15) is 39.5 Å². The number of halogens is 1. The van der Waals surface area contributed by atoms with Gasteiger partial charge in [-0.3, -0.25) is 0 Å². The monoisotopic (exact) mass is 173 g/mol. The molecule has 0 aromatic heterocycles. The van der Waals surface area contributed by atoms with Crippen LogP contribution in [-0.2, 0) is 0 Å². The van der Waals surface area contributed by atoms with Gasteiger partial charge in [0.2, 0.25) is 0 Å². The molecule has 0 bridgehead atoms. The summed E-state index contributed by atoms with van der Waals surface area (Å²) < 4.78 is 11.8. The van der Waals surface area contributed by atoms with Crippen molar-refractivity contribution < 1.29 is 4.39 Å². The highest BCUT2D eigenvalue weighted by Gasteiger charge is 2.25. The average Bonchev–Trinajstić information content (AvgIpc) is 2.03. The maximum absolute atomic E-state index is 11.8. The molecule has 72 valence electrons. The second kappa shape index (κ2) is 4.22. The van der Waals surface area contributed by atoms with Gasteiger partial charge in [-0.1, -0.05) is 13.8 Å². The summed E-state index contributed by atoms with van der Waals surface area (Å²) in [5.74, 6) is 0. The van der Waals surface area contributed by atoms with Gasteiger partial charge < -0.3 is 5.32 Å². The van der Waals surface area contributed by atoms with Crippen LogP contribution in [0.3, 0.4) is 0 Å². The summed E-state index contributed by atoms with van der Waals surface area (Å²) >= 11 is 0. The summed E-state index contributed by atoms with van der Waals surface area (Å²) in [6.45, 7) is 4.93. The molecule has 0 unspecified atom stereocenters. The van der Waals surface area contributed by atoms with E-state index in [4.69, 9.17) is 0 Å². The number of hydrogen-bond acceptors (Lipinski definition) is 1. The van der Waals surface area contributed by atoms with Crippen molar-refractivity contribution in [2.24, 2.45) is 5.41 Å². The highest BCUT2D eigenvalue weighted by atomic mass is 19.1. The SMILES string of the molecule is CC1(C)CCC(NCCF)CC1. The summed E-state index contributed by atoms with van der Waals surface area (Å²) in [6, 6.07) is 0.578. The van der Waals surface area contributed by atoms with Crippen molar-refractivity contribution >= 4 is 0 Å². The molecule has 0 aliphatic heterocycles. The molecular formula is C10H20FN. The zero-order valence-corrected chi connectivity index (χ0v) is 8.20. The average molecular weight is 173 g/mol. The second-order valence-electron chi connectivity index (χ2n) is 4.58. The van der Waals surface area contributed by atoms with E-state index in [9.17, 15) is 4.39 Å². The topological polar surface area (TPSA) is 12.0 Å². The van der Waals surface area contributed by atoms with Crippen molar-refractivity contribution in [2.45, 2.75) is 45.6 Å². The molecule has 0 aromatic carbocycles. The van der Waals surface area contributed by atoms with Crippen molar-refractivity contribution in [3.8, 4) is 0 Å². The molecule has 1 aliphatic rings. The minimum atomic E-state index is -0.236. The van der Waals surface area contributed by atoms with Crippen molar-refractivity contribution in [2.75, 3.05) is 13.2 Å². The third-order valence-corrected chi connectivity index (χ3v) is 2.87. The summed E-state index contributed by atoms with van der Waals surface area (Å²) in [7, 11) is 0. The molecule has 1 fully saturated rings. The number of hydrogen-bond donors (Lipinski definition) is 1. The van der Waals surface area contributed by atoms with Gasteiger partial charge in [0.25, 0.3) is 0 Å². The minimum absolute atomic E-state index is 0.236. The van der Waals surface area contributed by atoms with Crippen LogP contribution >= 0.6 is 0 Å². The molecule has 0 atom stereocenters. The van der Waals surface area contributed by atoms with Crippen LogP contribution in [0.2, 0.25) is 0 Å². The van der Waals surface area contributed by atoms with E-state index in [1.54, 1.807) is 0 Å². The summed E-state index contributed by atoms with van der Waals surface area (Å²) in [5.41, 5.74) is 0.522. The standard InChI is InChI=1S/C10H20FN/c1-10(2)5-3-9(4-6-10)12-8-7-11/h9,12H,3-8H2,1-2H3. The van der Waals surface area contributed by atoms with Crippen molar-refractivity contribution in [1.82, 2.24) is 5.32 Å². The Hall–Kier alpha value is -0.110. The van der Waals surface area contributed by atoms with Gasteiger partial charge in [-0.15, -0.1) is 0 Å². The van der Waals surface area contributed by atoms with Gasteiger partial charge in [0.05, 0.1) is 0 Å². The molecule has 0 radical (unpaired) electrons. The van der Waals surface area contributed by atoms with Gasteiger partial charge in [-0.25, -0.2) is 4.39 Å². The van der Waals surface area contributed by atoms with Crippen LogP contribution in [0.15, 0.2) is 0 Å². The lowest BCUT2D eigenvalue weighted by Gasteiger charge is -2.34. The molecule has 1 N–H and O–H groups in total. The Bertz CT molecular complexity index is 124. The molecule has 0 heterocycles. The Morgan fingerprint density at radius 3 is 2.42 bits per heavy atom. The molecule has 0 spiro atoms. The van der Waals surface area contributed by atoms with Crippen molar-refractivity contribution in [3.05, 3.63) is 0 Å². The second-order valence-corrected chi connectivity index (χ2v) is 4.58. The first-order valence-corrected chi connectivity index (χ1v) is 4.93. The van der Waals surface area contributed by atoms with E-state index in [1.807, 2.05) is 0 Å². The van der Waals surface area contributed by atoms with Crippen LogP contribution < -0.4 is 5.32 Å². The summed E-state index contributed by atoms with van der Waals surface area (Å²) in [4.78, 5) is 0. The molecule has 0 aromatic rings. The third-order valence-electron chi connectivity index (χ3n) is 2.87.